The van der Waals surface area contributed by atoms with E-state index in [0.29, 0.717) is 37.0 Å². The fraction of sp³-hybridized carbons (Fsp3) is 0.897. The molecule has 1 amide bonds. The van der Waals surface area contributed by atoms with E-state index >= 15 is 0 Å². The van der Waals surface area contributed by atoms with Crippen LogP contribution in [0.15, 0.2) is 4.99 Å². The number of guanidine groups is 1. The summed E-state index contributed by atoms with van der Waals surface area (Å²) in [5.74, 6) is -0.0138. The van der Waals surface area contributed by atoms with E-state index in [-0.39, 0.29) is 53.7 Å². The highest BCUT2D eigenvalue weighted by Crippen LogP contribution is 2.65. The number of hydrogen-bond acceptors (Lipinski definition) is 7. The van der Waals surface area contributed by atoms with E-state index < -0.39 is 23.5 Å². The van der Waals surface area contributed by atoms with Crippen LogP contribution in [0.25, 0.3) is 0 Å². The molecule has 4 rings (SSSR count). The highest BCUT2D eigenvalue weighted by atomic mass is 16.7. The monoisotopic (exact) mass is 577 g/mol. The molecule has 2 bridgehead atoms. The Morgan fingerprint density at radius 2 is 1.93 bits per heavy atom. The first-order valence-corrected chi connectivity index (χ1v) is 15.4. The van der Waals surface area contributed by atoms with Crippen molar-refractivity contribution in [1.82, 2.24) is 10.7 Å². The number of nitrogens with two attached hydrogens (primary N) is 1. The normalized spacial score (nSPS) is 28.5. The molecule has 0 aromatic rings. The van der Waals surface area contributed by atoms with Crippen molar-refractivity contribution in [2.24, 2.45) is 45.2 Å². The topological polar surface area (TPSA) is 158 Å². The fourth-order valence-corrected chi connectivity index (χ4v) is 7.37. The Hall–Kier alpha value is -2.21. The lowest BCUT2D eigenvalue weighted by atomic mass is 9.43. The van der Waals surface area contributed by atoms with Gasteiger partial charge in [-0.3, -0.25) is 9.59 Å². The van der Waals surface area contributed by atoms with Gasteiger partial charge in [0.15, 0.2) is 5.03 Å². The van der Waals surface area contributed by atoms with E-state index in [0.717, 1.165) is 25.7 Å². The lowest BCUT2D eigenvalue weighted by Crippen LogP contribution is -2.65. The smallest absolute Gasteiger partial charge is 0.404 e. The molecule has 3 aliphatic carbocycles. The maximum Gasteiger partial charge on any atom is 0.481 e. The van der Waals surface area contributed by atoms with Gasteiger partial charge in [0.1, 0.15) is 5.78 Å². The molecule has 1 saturated heterocycles. The Morgan fingerprint density at radius 3 is 2.51 bits per heavy atom. The summed E-state index contributed by atoms with van der Waals surface area (Å²) < 4.78 is 13.2. The van der Waals surface area contributed by atoms with Crippen molar-refractivity contribution >= 4 is 24.8 Å². The van der Waals surface area contributed by atoms with Crippen LogP contribution in [0.3, 0.4) is 0 Å². The molecule has 12 heteroatoms. The summed E-state index contributed by atoms with van der Waals surface area (Å²) >= 11 is 0. The highest BCUT2D eigenvalue weighted by molar-refractivity contribution is 6.47. The summed E-state index contributed by atoms with van der Waals surface area (Å²) in [7, 11) is -0.544. The van der Waals surface area contributed by atoms with Crippen LogP contribution >= 0.6 is 0 Å². The Kier molecular flexibility index (Phi) is 10.5. The van der Waals surface area contributed by atoms with Crippen molar-refractivity contribution in [2.75, 3.05) is 6.54 Å². The Balaban J connectivity index is 1.73. The van der Waals surface area contributed by atoms with Crippen molar-refractivity contribution in [3.8, 4) is 0 Å². The van der Waals surface area contributed by atoms with Gasteiger partial charge in [0, 0.05) is 24.3 Å². The quantitative estimate of drug-likeness (QED) is 0.0656. The molecule has 3 saturated carbocycles. The van der Waals surface area contributed by atoms with E-state index in [2.05, 4.69) is 44.9 Å². The van der Waals surface area contributed by atoms with Gasteiger partial charge in [-0.25, -0.2) is 15.1 Å². The number of Topliss-reactive ketones (excluding diaryl/α,β-unsaturated/α-hetero) is 1. The summed E-state index contributed by atoms with van der Waals surface area (Å²) in [6.07, 6.45) is 5.40. The van der Waals surface area contributed by atoms with Gasteiger partial charge in [-0.05, 0) is 68.6 Å². The van der Waals surface area contributed by atoms with Crippen molar-refractivity contribution in [1.29, 1.82) is 0 Å². The molecular weight excluding hydrogens is 525 g/mol. The molecule has 1 heterocycles. The number of hydrazine groups is 1. The molecule has 41 heavy (non-hydrogen) atoms. The third-order valence-electron chi connectivity index (χ3n) is 9.98. The van der Waals surface area contributed by atoms with Crippen molar-refractivity contribution in [3.63, 3.8) is 0 Å². The molecular formula is C29H52BN5O6. The van der Waals surface area contributed by atoms with Crippen LogP contribution in [-0.4, -0.2) is 54.0 Å². The molecule has 232 valence electrons. The van der Waals surface area contributed by atoms with Gasteiger partial charge in [0.05, 0.1) is 17.6 Å². The van der Waals surface area contributed by atoms with Crippen LogP contribution < -0.4 is 16.5 Å². The number of rotatable bonds is 15. The molecule has 0 spiro atoms. The SMILES string of the molecule is CCCC(C)(C)C(=O)C[C@@H](CCCN=C(N)N[N+](=O)[O-])C(=O)N[C@@H](CC(C)C)B1O[C@@H]2C[C@@H]3C[C@@H](C3(C)C)[C@]2(C)O1. The zero-order valence-electron chi connectivity index (χ0n) is 26.3. The molecule has 0 aromatic heterocycles. The van der Waals surface area contributed by atoms with E-state index in [4.69, 9.17) is 15.0 Å². The number of amides is 1. The Labute approximate surface area is 245 Å². The first-order valence-electron chi connectivity index (χ1n) is 15.4. The third-order valence-corrected chi connectivity index (χ3v) is 9.98. The Bertz CT molecular complexity index is 1000. The maximum absolute atomic E-state index is 13.8. The number of carbonyl (C=O) groups excluding carboxylic acids is 2. The second kappa shape index (κ2) is 13.0. The van der Waals surface area contributed by atoms with Gasteiger partial charge in [-0.2, -0.15) is 0 Å². The minimum Gasteiger partial charge on any atom is -0.404 e. The summed E-state index contributed by atoms with van der Waals surface area (Å²) in [5, 5.41) is 13.0. The molecule has 6 atom stereocenters. The van der Waals surface area contributed by atoms with Gasteiger partial charge in [0.25, 0.3) is 5.96 Å². The van der Waals surface area contributed by atoms with Crippen LogP contribution in [0.5, 0.6) is 0 Å². The number of carbonyl (C=O) groups is 2. The predicted molar refractivity (Wildman–Crippen MR) is 159 cm³/mol. The van der Waals surface area contributed by atoms with Gasteiger partial charge in [0.2, 0.25) is 5.91 Å². The maximum atomic E-state index is 13.8. The van der Waals surface area contributed by atoms with Crippen LogP contribution in [0.4, 0.5) is 0 Å². The Morgan fingerprint density at radius 1 is 1.24 bits per heavy atom. The number of nitrogens with one attached hydrogen (secondary N) is 2. The van der Waals surface area contributed by atoms with Crippen LogP contribution in [-0.2, 0) is 18.9 Å². The number of nitrogens with zero attached hydrogens (tertiary/aromatic N) is 2. The lowest BCUT2D eigenvalue weighted by molar-refractivity contribution is -0.525. The van der Waals surface area contributed by atoms with Crippen molar-refractivity contribution in [2.45, 2.75) is 124 Å². The standard InChI is InChI=1S/C29H52BN5O6/c1-9-12-27(4,5)22(36)15-19(11-10-13-32-26(31)34-35(38)39)25(37)33-24(14-18(2)3)30-40-23-17-20-16-21(28(20,6)7)29(23,8)41-30/h18-21,23-24H,9-17H2,1-8H3,(H,33,37)(H3,31,32,34)/t19-,20+,21+,23-,24+,29+/m1/s1. The second-order valence-corrected chi connectivity index (χ2v) is 14.3. The van der Waals surface area contributed by atoms with E-state index in [1.54, 1.807) is 0 Å². The van der Waals surface area contributed by atoms with Crippen molar-refractivity contribution < 1.29 is 23.9 Å². The molecule has 4 N–H and O–H groups in total. The minimum absolute atomic E-state index is 0.0131. The van der Waals surface area contributed by atoms with Crippen LogP contribution in [0.2, 0.25) is 0 Å². The average molecular weight is 578 g/mol. The summed E-state index contributed by atoms with van der Waals surface area (Å²) in [4.78, 5) is 41.7. The fourth-order valence-electron chi connectivity index (χ4n) is 7.37. The van der Waals surface area contributed by atoms with Gasteiger partial charge in [-0.1, -0.05) is 60.3 Å². The largest absolute Gasteiger partial charge is 0.481 e. The molecule has 4 fully saturated rings. The van der Waals surface area contributed by atoms with Gasteiger partial charge < -0.3 is 20.4 Å². The summed E-state index contributed by atoms with van der Waals surface area (Å²) in [6.45, 7) is 17.1. The lowest BCUT2D eigenvalue weighted by Gasteiger charge is -2.64. The van der Waals surface area contributed by atoms with Gasteiger partial charge >= 0.3 is 7.12 Å². The molecule has 11 nitrogen and oxygen atoms in total. The number of nitro groups is 1. The highest BCUT2D eigenvalue weighted by Gasteiger charge is 2.68. The zero-order valence-corrected chi connectivity index (χ0v) is 26.3. The van der Waals surface area contributed by atoms with E-state index in [1.165, 1.54) is 0 Å². The molecule has 4 aliphatic rings. The van der Waals surface area contributed by atoms with Crippen LogP contribution in [0, 0.1) is 44.6 Å². The molecule has 0 unspecified atom stereocenters. The molecule has 1 aliphatic heterocycles. The predicted octanol–water partition coefficient (Wildman–Crippen LogP) is 4.06. The third kappa shape index (κ3) is 7.61. The zero-order chi connectivity index (χ0) is 30.8. The minimum atomic E-state index is -0.771. The first kappa shape index (κ1) is 33.3. The van der Waals surface area contributed by atoms with Crippen molar-refractivity contribution in [3.05, 3.63) is 10.1 Å². The molecule has 0 radical (unpaired) electrons. The van der Waals surface area contributed by atoms with Crippen LogP contribution in [0.1, 0.15) is 107 Å². The first-order chi connectivity index (χ1) is 19.0. The number of ketones is 1. The number of aliphatic imine (C=N–C) groups is 1. The summed E-state index contributed by atoms with van der Waals surface area (Å²) in [5.41, 5.74) is 6.66. The van der Waals surface area contributed by atoms with Gasteiger partial charge in [-0.15, -0.1) is 0 Å². The number of hydrogen-bond donors (Lipinski definition) is 3. The summed E-state index contributed by atoms with van der Waals surface area (Å²) in [6, 6.07) is 0. The second-order valence-electron chi connectivity index (χ2n) is 14.3. The van der Waals surface area contributed by atoms with E-state index in [9.17, 15) is 19.7 Å². The average Bonchev–Trinajstić information content (AvgIpc) is 3.21. The molecule has 0 aromatic carbocycles. The van der Waals surface area contributed by atoms with E-state index in [1.807, 2.05) is 26.2 Å².